The Morgan fingerprint density at radius 3 is 2.69 bits per heavy atom. The minimum atomic E-state index is 0.394. The summed E-state index contributed by atoms with van der Waals surface area (Å²) in [6, 6.07) is 0.394. The van der Waals surface area contributed by atoms with Crippen LogP contribution in [0.2, 0.25) is 0 Å². The standard InChI is InChI=1S/C12H25N/c1-10(13)6-7-11-5-4-8-12(2,3)9-11/h10-11H,4-9,13H2,1-3H3/t10-,11?/m0/s1. The maximum atomic E-state index is 5.78. The second-order valence-corrected chi connectivity index (χ2v) is 5.68. The first kappa shape index (κ1) is 11.0. The van der Waals surface area contributed by atoms with E-state index in [2.05, 4.69) is 20.8 Å². The predicted molar refractivity (Wildman–Crippen MR) is 58.6 cm³/mol. The van der Waals surface area contributed by atoms with Gasteiger partial charge < -0.3 is 5.73 Å². The van der Waals surface area contributed by atoms with E-state index in [4.69, 9.17) is 5.73 Å². The Balaban J connectivity index is 2.26. The summed E-state index contributed by atoms with van der Waals surface area (Å²) in [7, 11) is 0. The predicted octanol–water partition coefficient (Wildman–Crippen LogP) is 3.33. The molecule has 13 heavy (non-hydrogen) atoms. The molecule has 0 bridgehead atoms. The maximum absolute atomic E-state index is 5.78. The van der Waals surface area contributed by atoms with Crippen LogP contribution in [-0.4, -0.2) is 6.04 Å². The second kappa shape index (κ2) is 4.45. The van der Waals surface area contributed by atoms with Gasteiger partial charge in [0.25, 0.3) is 0 Å². The number of rotatable bonds is 3. The summed E-state index contributed by atoms with van der Waals surface area (Å²) in [5.41, 5.74) is 6.38. The number of hydrogen-bond acceptors (Lipinski definition) is 1. The van der Waals surface area contributed by atoms with Gasteiger partial charge in [-0.2, -0.15) is 0 Å². The van der Waals surface area contributed by atoms with Gasteiger partial charge in [0.15, 0.2) is 0 Å². The topological polar surface area (TPSA) is 26.0 Å². The van der Waals surface area contributed by atoms with Gasteiger partial charge in [0, 0.05) is 6.04 Å². The lowest BCUT2D eigenvalue weighted by Crippen LogP contribution is -2.24. The smallest absolute Gasteiger partial charge is 0.00105 e. The summed E-state index contributed by atoms with van der Waals surface area (Å²) in [6.45, 7) is 6.93. The summed E-state index contributed by atoms with van der Waals surface area (Å²) in [5.74, 6) is 0.953. The van der Waals surface area contributed by atoms with Crippen molar-refractivity contribution in [1.29, 1.82) is 0 Å². The van der Waals surface area contributed by atoms with Crippen molar-refractivity contribution in [1.82, 2.24) is 0 Å². The minimum Gasteiger partial charge on any atom is -0.328 e. The van der Waals surface area contributed by atoms with Gasteiger partial charge in [-0.1, -0.05) is 26.7 Å². The zero-order chi connectivity index (χ0) is 9.90. The summed E-state index contributed by atoms with van der Waals surface area (Å²) >= 11 is 0. The van der Waals surface area contributed by atoms with Crippen LogP contribution >= 0.6 is 0 Å². The van der Waals surface area contributed by atoms with Crippen LogP contribution in [0.3, 0.4) is 0 Å². The van der Waals surface area contributed by atoms with Crippen molar-refractivity contribution in [3.63, 3.8) is 0 Å². The van der Waals surface area contributed by atoms with Gasteiger partial charge in [-0.05, 0) is 43.9 Å². The monoisotopic (exact) mass is 183 g/mol. The van der Waals surface area contributed by atoms with E-state index in [1.165, 1.54) is 38.5 Å². The Morgan fingerprint density at radius 1 is 1.46 bits per heavy atom. The van der Waals surface area contributed by atoms with Crippen LogP contribution in [-0.2, 0) is 0 Å². The van der Waals surface area contributed by atoms with Crippen LogP contribution in [0.5, 0.6) is 0 Å². The van der Waals surface area contributed by atoms with Crippen LogP contribution in [0.1, 0.15) is 59.3 Å². The van der Waals surface area contributed by atoms with E-state index in [-0.39, 0.29) is 0 Å². The number of nitrogens with two attached hydrogens (primary N) is 1. The fraction of sp³-hybridized carbons (Fsp3) is 1.00. The van der Waals surface area contributed by atoms with Crippen molar-refractivity contribution in [2.45, 2.75) is 65.3 Å². The molecule has 1 saturated carbocycles. The highest BCUT2D eigenvalue weighted by Crippen LogP contribution is 2.40. The highest BCUT2D eigenvalue weighted by Gasteiger charge is 2.27. The SMILES string of the molecule is C[C@H](N)CCC1CCCC(C)(C)C1. The molecule has 2 N–H and O–H groups in total. The molecular weight excluding hydrogens is 158 g/mol. The lowest BCUT2D eigenvalue weighted by molar-refractivity contribution is 0.170. The quantitative estimate of drug-likeness (QED) is 0.713. The van der Waals surface area contributed by atoms with Crippen molar-refractivity contribution in [2.24, 2.45) is 17.1 Å². The second-order valence-electron chi connectivity index (χ2n) is 5.68. The molecule has 0 spiro atoms. The Kier molecular flexibility index (Phi) is 3.78. The van der Waals surface area contributed by atoms with Gasteiger partial charge in [0.05, 0.1) is 0 Å². The molecule has 0 saturated heterocycles. The molecule has 0 aliphatic heterocycles. The third-order valence-corrected chi connectivity index (χ3v) is 3.34. The summed E-state index contributed by atoms with van der Waals surface area (Å²) in [5, 5.41) is 0. The molecule has 1 fully saturated rings. The van der Waals surface area contributed by atoms with Crippen molar-refractivity contribution < 1.29 is 0 Å². The van der Waals surface area contributed by atoms with Crippen molar-refractivity contribution >= 4 is 0 Å². The van der Waals surface area contributed by atoms with Crippen LogP contribution in [0, 0.1) is 11.3 Å². The normalized spacial score (nSPS) is 30.0. The lowest BCUT2D eigenvalue weighted by Gasteiger charge is -2.35. The van der Waals surface area contributed by atoms with E-state index in [0.717, 1.165) is 5.92 Å². The van der Waals surface area contributed by atoms with Crippen molar-refractivity contribution in [2.75, 3.05) is 0 Å². The molecule has 0 radical (unpaired) electrons. The average molecular weight is 183 g/mol. The molecule has 0 aromatic carbocycles. The first-order chi connectivity index (χ1) is 5.99. The van der Waals surface area contributed by atoms with E-state index in [0.29, 0.717) is 11.5 Å². The molecule has 1 rings (SSSR count). The lowest BCUT2D eigenvalue weighted by atomic mass is 9.71. The molecule has 2 atom stereocenters. The molecule has 1 aliphatic rings. The van der Waals surface area contributed by atoms with Gasteiger partial charge in [-0.15, -0.1) is 0 Å². The van der Waals surface area contributed by atoms with Gasteiger partial charge in [0.2, 0.25) is 0 Å². The molecule has 1 heteroatoms. The molecule has 0 heterocycles. The van der Waals surface area contributed by atoms with E-state index < -0.39 is 0 Å². The molecule has 1 nitrogen and oxygen atoms in total. The first-order valence-corrected chi connectivity index (χ1v) is 5.75. The van der Waals surface area contributed by atoms with Crippen LogP contribution < -0.4 is 5.73 Å². The van der Waals surface area contributed by atoms with E-state index >= 15 is 0 Å². The Morgan fingerprint density at radius 2 is 2.15 bits per heavy atom. The van der Waals surface area contributed by atoms with Crippen molar-refractivity contribution in [3.05, 3.63) is 0 Å². The molecule has 78 valence electrons. The third-order valence-electron chi connectivity index (χ3n) is 3.34. The largest absolute Gasteiger partial charge is 0.328 e. The fourth-order valence-electron chi connectivity index (χ4n) is 2.60. The summed E-state index contributed by atoms with van der Waals surface area (Å²) in [4.78, 5) is 0. The molecule has 0 aromatic heterocycles. The van der Waals surface area contributed by atoms with Crippen molar-refractivity contribution in [3.8, 4) is 0 Å². The van der Waals surface area contributed by atoms with Gasteiger partial charge in [-0.25, -0.2) is 0 Å². The Labute approximate surface area is 83.1 Å². The Hall–Kier alpha value is -0.0400. The zero-order valence-corrected chi connectivity index (χ0v) is 9.47. The van der Waals surface area contributed by atoms with E-state index in [9.17, 15) is 0 Å². The van der Waals surface area contributed by atoms with E-state index in [1.807, 2.05) is 0 Å². The van der Waals surface area contributed by atoms with Crippen LogP contribution in [0.4, 0.5) is 0 Å². The third kappa shape index (κ3) is 4.12. The minimum absolute atomic E-state index is 0.394. The first-order valence-electron chi connectivity index (χ1n) is 5.75. The molecule has 1 unspecified atom stereocenters. The number of hydrogen-bond donors (Lipinski definition) is 1. The molecular formula is C12H25N. The molecule has 0 amide bonds. The van der Waals surface area contributed by atoms with Gasteiger partial charge in [-0.3, -0.25) is 0 Å². The summed E-state index contributed by atoms with van der Waals surface area (Å²) < 4.78 is 0. The highest BCUT2D eigenvalue weighted by atomic mass is 14.6. The highest BCUT2D eigenvalue weighted by molar-refractivity contribution is 4.79. The van der Waals surface area contributed by atoms with Gasteiger partial charge >= 0.3 is 0 Å². The van der Waals surface area contributed by atoms with E-state index in [1.54, 1.807) is 0 Å². The average Bonchev–Trinajstić information content (AvgIpc) is 1.99. The summed E-state index contributed by atoms with van der Waals surface area (Å²) in [6.07, 6.45) is 8.26. The fourth-order valence-corrected chi connectivity index (χ4v) is 2.60. The van der Waals surface area contributed by atoms with Crippen LogP contribution in [0.25, 0.3) is 0 Å². The van der Waals surface area contributed by atoms with Crippen LogP contribution in [0.15, 0.2) is 0 Å². The van der Waals surface area contributed by atoms with Gasteiger partial charge in [0.1, 0.15) is 0 Å². The zero-order valence-electron chi connectivity index (χ0n) is 9.47. The molecule has 1 aliphatic carbocycles. The maximum Gasteiger partial charge on any atom is 0.00105 e. The Bertz CT molecular complexity index is 149. The molecule has 0 aromatic rings.